The lowest BCUT2D eigenvalue weighted by Gasteiger charge is -2.32. The SMILES string of the molecule is Cc1c(NC(=O)c2nc3c(n2C)CCN(CCC24CCC(CC2)C4)C3)cccc1-c1cccc(NC(=O)c2nc3c(n2C)CCN(C[C@@H](C)O)C3)c1Cl. The van der Waals surface area contributed by atoms with Crippen LogP contribution in [0.25, 0.3) is 11.1 Å². The van der Waals surface area contributed by atoms with Crippen LogP contribution in [0.15, 0.2) is 36.4 Å². The first-order chi connectivity index (χ1) is 25.5. The fourth-order valence-corrected chi connectivity index (χ4v) is 9.88. The number of anilines is 2. The van der Waals surface area contributed by atoms with E-state index >= 15 is 0 Å². The first-order valence-electron chi connectivity index (χ1n) is 19.2. The smallest absolute Gasteiger partial charge is 0.291 e. The fraction of sp³-hybridized carbons (Fsp3) is 0.512. The van der Waals surface area contributed by atoms with E-state index in [4.69, 9.17) is 16.6 Å². The largest absolute Gasteiger partial charge is 0.392 e. The lowest BCUT2D eigenvalue weighted by molar-refractivity contribution is 0.100. The Hall–Kier alpha value is -4.03. The van der Waals surface area contributed by atoms with E-state index in [2.05, 4.69) is 25.4 Å². The van der Waals surface area contributed by atoms with Gasteiger partial charge in [0, 0.05) is 82.3 Å². The summed E-state index contributed by atoms with van der Waals surface area (Å²) in [5.41, 5.74) is 8.21. The van der Waals surface area contributed by atoms with E-state index in [1.165, 1.54) is 38.5 Å². The lowest BCUT2D eigenvalue weighted by atomic mass is 9.81. The van der Waals surface area contributed by atoms with E-state index in [-0.39, 0.29) is 11.8 Å². The summed E-state index contributed by atoms with van der Waals surface area (Å²) in [7, 11) is 3.81. The molecule has 4 aliphatic rings. The van der Waals surface area contributed by atoms with Crippen LogP contribution in [-0.4, -0.2) is 78.1 Å². The molecule has 4 aromatic rings. The number of amides is 2. The molecular weight excluding hydrogens is 688 g/mol. The molecule has 2 aliphatic heterocycles. The molecule has 4 heterocycles. The Labute approximate surface area is 316 Å². The normalized spacial score (nSPS) is 21.7. The number of carbonyl (C=O) groups excluding carboxylic acids is 2. The van der Waals surface area contributed by atoms with Crippen LogP contribution in [0.2, 0.25) is 5.02 Å². The van der Waals surface area contributed by atoms with E-state index < -0.39 is 6.10 Å². The van der Waals surface area contributed by atoms with Gasteiger partial charge in [-0.25, -0.2) is 9.97 Å². The van der Waals surface area contributed by atoms with Crippen molar-refractivity contribution in [1.29, 1.82) is 0 Å². The molecule has 1 atom stereocenters. The molecule has 11 nitrogen and oxygen atoms in total. The molecular formula is C41H51ClN8O3. The van der Waals surface area contributed by atoms with Crippen molar-refractivity contribution >= 4 is 34.8 Å². The van der Waals surface area contributed by atoms with E-state index in [9.17, 15) is 14.7 Å². The molecule has 8 rings (SSSR count). The van der Waals surface area contributed by atoms with Crippen molar-refractivity contribution in [3.05, 3.63) is 81.4 Å². The predicted octanol–water partition coefficient (Wildman–Crippen LogP) is 6.35. The molecule has 2 aromatic carbocycles. The molecule has 2 bridgehead atoms. The number of nitrogens with zero attached hydrogens (tertiary/aromatic N) is 6. The van der Waals surface area contributed by atoms with Crippen LogP contribution in [-0.2, 0) is 40.0 Å². The second kappa shape index (κ2) is 14.3. The Balaban J connectivity index is 0.953. The second-order valence-electron chi connectivity index (χ2n) is 16.1. The third kappa shape index (κ3) is 6.93. The van der Waals surface area contributed by atoms with Crippen molar-refractivity contribution < 1.29 is 14.7 Å². The van der Waals surface area contributed by atoms with E-state index in [1.54, 1.807) is 13.0 Å². The molecule has 12 heteroatoms. The Bertz CT molecular complexity index is 2060. The van der Waals surface area contributed by atoms with Crippen LogP contribution in [0, 0.1) is 18.3 Å². The minimum atomic E-state index is -0.430. The number of fused-ring (bicyclic) bond motifs is 4. The van der Waals surface area contributed by atoms with Crippen LogP contribution < -0.4 is 10.6 Å². The van der Waals surface area contributed by atoms with Crippen LogP contribution >= 0.6 is 11.6 Å². The van der Waals surface area contributed by atoms with Gasteiger partial charge in [-0.3, -0.25) is 19.4 Å². The van der Waals surface area contributed by atoms with Crippen molar-refractivity contribution in [2.75, 3.05) is 36.8 Å². The Kier molecular flexibility index (Phi) is 9.72. The summed E-state index contributed by atoms with van der Waals surface area (Å²) in [6.07, 6.45) is 9.57. The molecule has 2 saturated carbocycles. The molecule has 2 aliphatic carbocycles. The zero-order valence-electron chi connectivity index (χ0n) is 31.3. The molecule has 53 heavy (non-hydrogen) atoms. The maximum absolute atomic E-state index is 13.8. The van der Waals surface area contributed by atoms with Crippen LogP contribution in [0.5, 0.6) is 0 Å². The molecule has 0 unspecified atom stereocenters. The number of carbonyl (C=O) groups is 2. The standard InChI is InChI=1S/C41H51ClN8O3/c1-25(51)22-50-19-14-35-33(24-50)44-38(48(35)4)40(53)46-31-10-6-8-29(36(31)42)28-7-5-9-30(26(28)2)45-39(52)37-43-32-23-49(18-13-34(32)47(37)3)20-17-41-15-11-27(21-41)12-16-41/h5-10,25,27,51H,11-24H2,1-4H3,(H,45,52)(H,46,53)/t25-,27?,41?/m1/s1. The average Bonchev–Trinajstić information content (AvgIpc) is 3.91. The highest BCUT2D eigenvalue weighted by Crippen LogP contribution is 2.56. The molecule has 2 amide bonds. The molecule has 2 aromatic heterocycles. The average molecular weight is 739 g/mol. The topological polar surface area (TPSA) is 121 Å². The van der Waals surface area contributed by atoms with E-state index in [0.717, 1.165) is 84.4 Å². The minimum absolute atomic E-state index is 0.241. The van der Waals surface area contributed by atoms with Crippen LogP contribution in [0.1, 0.15) is 95.0 Å². The van der Waals surface area contributed by atoms with Gasteiger partial charge < -0.3 is 24.9 Å². The Morgan fingerprint density at radius 1 is 0.887 bits per heavy atom. The first kappa shape index (κ1) is 36.0. The number of halogens is 1. The second-order valence-corrected chi connectivity index (χ2v) is 16.5. The van der Waals surface area contributed by atoms with Gasteiger partial charge >= 0.3 is 0 Å². The summed E-state index contributed by atoms with van der Waals surface area (Å²) in [5.74, 6) is 1.12. The number of aromatic nitrogens is 4. The van der Waals surface area contributed by atoms with Crippen molar-refractivity contribution in [1.82, 2.24) is 28.9 Å². The van der Waals surface area contributed by atoms with E-state index in [1.807, 2.05) is 60.5 Å². The fourth-order valence-electron chi connectivity index (χ4n) is 9.60. The van der Waals surface area contributed by atoms with Gasteiger partial charge in [0.1, 0.15) is 0 Å². The van der Waals surface area contributed by atoms with Crippen LogP contribution in [0.3, 0.4) is 0 Å². The number of aliphatic hydroxyl groups excluding tert-OH is 1. The van der Waals surface area contributed by atoms with Gasteiger partial charge in [0.15, 0.2) is 11.6 Å². The zero-order chi connectivity index (χ0) is 37.0. The van der Waals surface area contributed by atoms with Gasteiger partial charge in [-0.15, -0.1) is 0 Å². The summed E-state index contributed by atoms with van der Waals surface area (Å²) in [6, 6.07) is 11.3. The number of nitrogens with one attached hydrogen (secondary N) is 2. The predicted molar refractivity (Wildman–Crippen MR) is 207 cm³/mol. The Morgan fingerprint density at radius 2 is 1.45 bits per heavy atom. The monoisotopic (exact) mass is 738 g/mol. The number of benzene rings is 2. The highest BCUT2D eigenvalue weighted by molar-refractivity contribution is 6.36. The molecule has 0 spiro atoms. The molecule has 3 N–H and O–H groups in total. The number of aliphatic hydroxyl groups is 1. The maximum Gasteiger partial charge on any atom is 0.291 e. The van der Waals surface area contributed by atoms with Crippen molar-refractivity contribution in [3.63, 3.8) is 0 Å². The highest BCUT2D eigenvalue weighted by atomic mass is 35.5. The van der Waals surface area contributed by atoms with Gasteiger partial charge in [-0.2, -0.15) is 0 Å². The Morgan fingerprint density at radius 3 is 2.06 bits per heavy atom. The molecule has 0 saturated heterocycles. The zero-order valence-corrected chi connectivity index (χ0v) is 32.1. The van der Waals surface area contributed by atoms with Gasteiger partial charge in [-0.1, -0.05) is 35.9 Å². The van der Waals surface area contributed by atoms with Gasteiger partial charge in [0.05, 0.1) is 28.2 Å². The highest BCUT2D eigenvalue weighted by Gasteiger charge is 2.44. The van der Waals surface area contributed by atoms with Crippen molar-refractivity contribution in [2.24, 2.45) is 25.4 Å². The van der Waals surface area contributed by atoms with Gasteiger partial charge in [0.2, 0.25) is 0 Å². The summed E-state index contributed by atoms with van der Waals surface area (Å²) >= 11 is 7.00. The number of hydrogen-bond donors (Lipinski definition) is 3. The van der Waals surface area contributed by atoms with Crippen molar-refractivity contribution in [3.8, 4) is 11.1 Å². The first-order valence-corrected chi connectivity index (χ1v) is 19.6. The van der Waals surface area contributed by atoms with Gasteiger partial charge in [-0.05, 0) is 93.5 Å². The quantitative estimate of drug-likeness (QED) is 0.173. The van der Waals surface area contributed by atoms with Crippen molar-refractivity contribution in [2.45, 2.75) is 84.4 Å². The van der Waals surface area contributed by atoms with E-state index in [0.29, 0.717) is 46.6 Å². The lowest BCUT2D eigenvalue weighted by Crippen LogP contribution is -2.36. The van der Waals surface area contributed by atoms with Crippen LogP contribution in [0.4, 0.5) is 11.4 Å². The number of imidazole rings is 2. The number of hydrogen-bond acceptors (Lipinski definition) is 7. The van der Waals surface area contributed by atoms with Gasteiger partial charge in [0.25, 0.3) is 11.8 Å². The third-order valence-corrected chi connectivity index (χ3v) is 13.0. The maximum atomic E-state index is 13.8. The summed E-state index contributed by atoms with van der Waals surface area (Å²) in [4.78, 5) is 41.6. The summed E-state index contributed by atoms with van der Waals surface area (Å²) in [5, 5.41) is 16.4. The molecule has 2 fully saturated rings. The molecule has 280 valence electrons. The third-order valence-electron chi connectivity index (χ3n) is 12.6. The number of rotatable bonds is 10. The number of β-amino-alcohol motifs (C(OH)–C–C–N with tert-alkyl or cyclic N) is 1. The summed E-state index contributed by atoms with van der Waals surface area (Å²) in [6.45, 7) is 8.60. The molecule has 0 radical (unpaired) electrons. The summed E-state index contributed by atoms with van der Waals surface area (Å²) < 4.78 is 3.82. The minimum Gasteiger partial charge on any atom is -0.392 e.